The minimum absolute atomic E-state index is 0.284. The van der Waals surface area contributed by atoms with Crippen molar-refractivity contribution >= 4 is 23.7 Å². The maximum Gasteiger partial charge on any atom is 0.326 e. The van der Waals surface area contributed by atoms with Gasteiger partial charge in [-0.25, -0.2) is 4.79 Å². The summed E-state index contributed by atoms with van der Waals surface area (Å²) in [4.78, 5) is 48.9. The van der Waals surface area contributed by atoms with Gasteiger partial charge in [-0.3, -0.25) is 14.4 Å². The molecular weight excluding hydrogens is 416 g/mol. The predicted molar refractivity (Wildman–Crippen MR) is 118 cm³/mol. The molecular formula is C22H34N4O6. The highest BCUT2D eigenvalue weighted by atomic mass is 16.4. The smallest absolute Gasteiger partial charge is 0.326 e. The van der Waals surface area contributed by atoms with Crippen LogP contribution in [0.25, 0.3) is 0 Å². The Bertz CT molecular complexity index is 786. The second-order valence-electron chi connectivity index (χ2n) is 7.96. The number of benzene rings is 1. The van der Waals surface area contributed by atoms with E-state index < -0.39 is 54.0 Å². The molecule has 1 aromatic carbocycles. The zero-order chi connectivity index (χ0) is 24.4. The summed E-state index contributed by atoms with van der Waals surface area (Å²) in [5.74, 6) is -3.66. The molecule has 6 unspecified atom stereocenters. The Morgan fingerprint density at radius 1 is 0.906 bits per heavy atom. The number of hydrogen-bond donors (Lipinski definition) is 6. The van der Waals surface area contributed by atoms with Gasteiger partial charge in [0.25, 0.3) is 0 Å². The summed E-state index contributed by atoms with van der Waals surface area (Å²) in [7, 11) is 0. The molecule has 1 rings (SSSR count). The fraction of sp³-hybridized carbons (Fsp3) is 0.545. The Morgan fingerprint density at radius 2 is 1.47 bits per heavy atom. The fourth-order valence-corrected chi connectivity index (χ4v) is 2.96. The molecule has 0 aliphatic carbocycles. The van der Waals surface area contributed by atoms with Crippen molar-refractivity contribution in [1.29, 1.82) is 0 Å². The first-order valence-electron chi connectivity index (χ1n) is 10.6. The number of carbonyl (C=O) groups is 4. The highest BCUT2D eigenvalue weighted by molar-refractivity contribution is 5.94. The van der Waals surface area contributed by atoms with E-state index in [0.29, 0.717) is 6.42 Å². The van der Waals surface area contributed by atoms with E-state index in [1.807, 2.05) is 30.3 Å². The van der Waals surface area contributed by atoms with Crippen molar-refractivity contribution in [1.82, 2.24) is 16.0 Å². The average molecular weight is 451 g/mol. The molecule has 0 fully saturated rings. The van der Waals surface area contributed by atoms with Crippen LogP contribution < -0.4 is 21.7 Å². The summed E-state index contributed by atoms with van der Waals surface area (Å²) >= 11 is 0. The molecule has 1 aromatic rings. The summed E-state index contributed by atoms with van der Waals surface area (Å²) in [6.45, 7) is 6.17. The van der Waals surface area contributed by atoms with E-state index in [1.165, 1.54) is 13.8 Å². The van der Waals surface area contributed by atoms with Gasteiger partial charge in [0.2, 0.25) is 17.7 Å². The number of amides is 3. The summed E-state index contributed by atoms with van der Waals surface area (Å²) in [6.07, 6.45) is -0.505. The van der Waals surface area contributed by atoms with Crippen molar-refractivity contribution in [3.05, 3.63) is 35.9 Å². The number of aliphatic hydroxyl groups excluding tert-OH is 1. The van der Waals surface area contributed by atoms with Crippen molar-refractivity contribution in [2.24, 2.45) is 11.7 Å². The van der Waals surface area contributed by atoms with Gasteiger partial charge in [0.1, 0.15) is 18.1 Å². The van der Waals surface area contributed by atoms with E-state index in [9.17, 15) is 29.4 Å². The van der Waals surface area contributed by atoms with Crippen LogP contribution >= 0.6 is 0 Å². The molecule has 0 aliphatic heterocycles. The Kier molecular flexibility index (Phi) is 10.8. The lowest BCUT2D eigenvalue weighted by molar-refractivity contribution is -0.144. The van der Waals surface area contributed by atoms with E-state index in [0.717, 1.165) is 5.56 Å². The van der Waals surface area contributed by atoms with Gasteiger partial charge in [-0.1, -0.05) is 50.6 Å². The molecule has 0 aromatic heterocycles. The van der Waals surface area contributed by atoms with Crippen LogP contribution in [0.3, 0.4) is 0 Å². The minimum atomic E-state index is -1.40. The van der Waals surface area contributed by atoms with Gasteiger partial charge in [-0.2, -0.15) is 0 Å². The molecule has 0 aliphatic rings. The average Bonchev–Trinajstić information content (AvgIpc) is 2.74. The highest BCUT2D eigenvalue weighted by Gasteiger charge is 2.33. The third-order valence-electron chi connectivity index (χ3n) is 5.23. The Balaban J connectivity index is 2.73. The van der Waals surface area contributed by atoms with Crippen LogP contribution in [0.1, 0.15) is 39.7 Å². The molecule has 7 N–H and O–H groups in total. The van der Waals surface area contributed by atoms with Crippen molar-refractivity contribution in [2.75, 3.05) is 0 Å². The Morgan fingerprint density at radius 3 is 1.97 bits per heavy atom. The molecule has 10 nitrogen and oxygen atoms in total. The lowest BCUT2D eigenvalue weighted by Gasteiger charge is -2.27. The van der Waals surface area contributed by atoms with E-state index in [2.05, 4.69) is 16.0 Å². The zero-order valence-corrected chi connectivity index (χ0v) is 18.9. The van der Waals surface area contributed by atoms with Crippen LogP contribution in [0.2, 0.25) is 0 Å². The molecule has 0 radical (unpaired) electrons. The molecule has 3 amide bonds. The summed E-state index contributed by atoms with van der Waals surface area (Å²) < 4.78 is 0. The van der Waals surface area contributed by atoms with Gasteiger partial charge in [0.15, 0.2) is 0 Å². The van der Waals surface area contributed by atoms with E-state index in [1.54, 1.807) is 13.8 Å². The SMILES string of the molecule is CCC(C)C(NC(=O)C(NC(=O)C(C)NC(=O)C(N)Cc1ccccc1)C(C)O)C(=O)O. The number of rotatable bonds is 12. The number of nitrogens with one attached hydrogen (secondary N) is 3. The normalized spacial score (nSPS) is 16.6. The number of hydrogen-bond acceptors (Lipinski definition) is 6. The third-order valence-corrected chi connectivity index (χ3v) is 5.23. The molecule has 10 heteroatoms. The predicted octanol–water partition coefficient (Wildman–Crippen LogP) is -0.458. The molecule has 0 bridgehead atoms. The molecule has 178 valence electrons. The number of carboxylic acids is 1. The van der Waals surface area contributed by atoms with E-state index in [4.69, 9.17) is 5.73 Å². The van der Waals surface area contributed by atoms with Crippen LogP contribution in [0.4, 0.5) is 0 Å². The van der Waals surface area contributed by atoms with Gasteiger partial charge < -0.3 is 31.9 Å². The van der Waals surface area contributed by atoms with Crippen molar-refractivity contribution in [3.63, 3.8) is 0 Å². The summed E-state index contributed by atoms with van der Waals surface area (Å²) in [5, 5.41) is 26.5. The summed E-state index contributed by atoms with van der Waals surface area (Å²) in [6, 6.07) is 4.68. The summed E-state index contributed by atoms with van der Waals surface area (Å²) in [5.41, 5.74) is 6.78. The van der Waals surface area contributed by atoms with Crippen LogP contribution in [-0.2, 0) is 25.6 Å². The standard InChI is InChI=1S/C22H34N4O6/c1-5-12(2)17(22(31)32)25-21(30)18(14(4)27)26-19(28)13(3)24-20(29)16(23)11-15-9-7-6-8-10-15/h6-10,12-14,16-18,27H,5,11,23H2,1-4H3,(H,24,29)(H,25,30)(H,26,28)(H,31,32). The molecule has 0 spiro atoms. The van der Waals surface area contributed by atoms with Crippen LogP contribution in [0.15, 0.2) is 30.3 Å². The van der Waals surface area contributed by atoms with Crippen molar-refractivity contribution < 1.29 is 29.4 Å². The quantitative estimate of drug-likeness (QED) is 0.250. The first-order valence-corrected chi connectivity index (χ1v) is 10.6. The van der Waals surface area contributed by atoms with E-state index >= 15 is 0 Å². The largest absolute Gasteiger partial charge is 0.480 e. The van der Waals surface area contributed by atoms with Crippen molar-refractivity contribution in [3.8, 4) is 0 Å². The fourth-order valence-electron chi connectivity index (χ4n) is 2.96. The van der Waals surface area contributed by atoms with Crippen LogP contribution in [-0.4, -0.2) is 64.2 Å². The van der Waals surface area contributed by atoms with Crippen LogP contribution in [0.5, 0.6) is 0 Å². The molecule has 32 heavy (non-hydrogen) atoms. The van der Waals surface area contributed by atoms with Crippen molar-refractivity contribution in [2.45, 2.75) is 70.8 Å². The second kappa shape index (κ2) is 12.8. The van der Waals surface area contributed by atoms with Gasteiger partial charge in [-0.05, 0) is 31.7 Å². The Labute approximate surface area is 187 Å². The number of nitrogens with two attached hydrogens (primary N) is 1. The van der Waals surface area contributed by atoms with Gasteiger partial charge >= 0.3 is 5.97 Å². The number of carboxylic acid groups (broad SMARTS) is 1. The second-order valence-corrected chi connectivity index (χ2v) is 7.96. The Hall–Kier alpha value is -2.98. The number of aliphatic carboxylic acids is 1. The maximum atomic E-state index is 12.6. The monoisotopic (exact) mass is 450 g/mol. The van der Waals surface area contributed by atoms with Gasteiger partial charge in [-0.15, -0.1) is 0 Å². The lowest BCUT2D eigenvalue weighted by atomic mass is 9.98. The topological polar surface area (TPSA) is 171 Å². The van der Waals surface area contributed by atoms with Crippen LogP contribution in [0, 0.1) is 5.92 Å². The van der Waals surface area contributed by atoms with Gasteiger partial charge in [0.05, 0.1) is 12.1 Å². The maximum absolute atomic E-state index is 12.6. The van der Waals surface area contributed by atoms with E-state index in [-0.39, 0.29) is 12.3 Å². The highest BCUT2D eigenvalue weighted by Crippen LogP contribution is 2.09. The van der Waals surface area contributed by atoms with Gasteiger partial charge in [0, 0.05) is 0 Å². The number of carbonyl (C=O) groups excluding carboxylic acids is 3. The first-order chi connectivity index (χ1) is 15.0. The molecule has 0 saturated carbocycles. The molecule has 0 heterocycles. The minimum Gasteiger partial charge on any atom is -0.480 e. The lowest BCUT2D eigenvalue weighted by Crippen LogP contribution is -2.60. The molecule has 0 saturated heterocycles. The third kappa shape index (κ3) is 8.27. The number of aliphatic hydroxyl groups is 1. The first kappa shape index (κ1) is 27.1. The zero-order valence-electron chi connectivity index (χ0n) is 18.9. The molecule has 6 atom stereocenters.